The summed E-state index contributed by atoms with van der Waals surface area (Å²) in [6, 6.07) is 8.62. The Hall–Kier alpha value is -2.86. The molecule has 1 unspecified atom stereocenters. The van der Waals surface area contributed by atoms with Crippen LogP contribution in [0, 0.1) is 13.8 Å². The zero-order valence-corrected chi connectivity index (χ0v) is 17.5. The van der Waals surface area contributed by atoms with E-state index in [9.17, 15) is 0 Å². The third-order valence-corrected chi connectivity index (χ3v) is 5.69. The molecule has 1 aliphatic heterocycles. The van der Waals surface area contributed by atoms with Crippen LogP contribution in [0.5, 0.6) is 11.5 Å². The summed E-state index contributed by atoms with van der Waals surface area (Å²) in [6.07, 6.45) is 4.22. The number of ether oxygens (including phenoxy) is 2. The molecular weight excluding hydrogens is 364 g/mol. The van der Waals surface area contributed by atoms with Gasteiger partial charge in [0.05, 0.1) is 19.7 Å². The van der Waals surface area contributed by atoms with Crippen LogP contribution >= 0.6 is 0 Å². The van der Waals surface area contributed by atoms with Gasteiger partial charge in [-0.3, -0.25) is 0 Å². The number of rotatable bonds is 5. The van der Waals surface area contributed by atoms with Crippen LogP contribution in [0.4, 0.5) is 5.95 Å². The lowest BCUT2D eigenvalue weighted by molar-refractivity contribution is 0.391. The highest BCUT2D eigenvalue weighted by Crippen LogP contribution is 2.39. The van der Waals surface area contributed by atoms with Gasteiger partial charge in [0.15, 0.2) is 0 Å². The second kappa shape index (κ2) is 8.25. The molecule has 6 nitrogen and oxygen atoms in total. The highest BCUT2D eigenvalue weighted by Gasteiger charge is 2.17. The summed E-state index contributed by atoms with van der Waals surface area (Å²) in [5, 5.41) is 7.87. The van der Waals surface area contributed by atoms with E-state index in [-0.39, 0.29) is 0 Å². The van der Waals surface area contributed by atoms with Crippen molar-refractivity contribution in [2.24, 2.45) is 0 Å². The molecule has 1 saturated heterocycles. The topological polar surface area (TPSA) is 68.3 Å². The number of anilines is 1. The number of hydrogen-bond donors (Lipinski definition) is 2. The summed E-state index contributed by atoms with van der Waals surface area (Å²) < 4.78 is 11.1. The van der Waals surface area contributed by atoms with Gasteiger partial charge in [-0.1, -0.05) is 6.07 Å². The Kier molecular flexibility index (Phi) is 5.53. The maximum Gasteiger partial charge on any atom is 0.223 e. The second-order valence-electron chi connectivity index (χ2n) is 7.56. The number of hydrogen-bond acceptors (Lipinski definition) is 6. The molecule has 0 saturated carbocycles. The van der Waals surface area contributed by atoms with Crippen LogP contribution in [0.2, 0.25) is 0 Å². The Labute approximate surface area is 171 Å². The molecule has 2 N–H and O–H groups in total. The van der Waals surface area contributed by atoms with Gasteiger partial charge in [-0.05, 0) is 67.6 Å². The highest BCUT2D eigenvalue weighted by molar-refractivity contribution is 5.87. The first kappa shape index (κ1) is 19.5. The number of benzene rings is 2. The van der Waals surface area contributed by atoms with Gasteiger partial charge in [0, 0.05) is 30.2 Å². The van der Waals surface area contributed by atoms with Gasteiger partial charge in [0.1, 0.15) is 11.5 Å². The largest absolute Gasteiger partial charge is 0.496 e. The van der Waals surface area contributed by atoms with E-state index in [2.05, 4.69) is 47.7 Å². The molecule has 1 fully saturated rings. The van der Waals surface area contributed by atoms with Crippen molar-refractivity contribution in [2.75, 3.05) is 32.6 Å². The van der Waals surface area contributed by atoms with Crippen molar-refractivity contribution in [3.8, 4) is 22.6 Å². The van der Waals surface area contributed by atoms with Crippen molar-refractivity contribution in [3.05, 3.63) is 41.6 Å². The van der Waals surface area contributed by atoms with Crippen molar-refractivity contribution in [3.63, 3.8) is 0 Å². The molecular formula is C23H28N4O2. The molecule has 4 rings (SSSR count). The van der Waals surface area contributed by atoms with Gasteiger partial charge in [-0.15, -0.1) is 0 Å². The van der Waals surface area contributed by atoms with Gasteiger partial charge in [0.25, 0.3) is 0 Å². The van der Waals surface area contributed by atoms with E-state index in [0.29, 0.717) is 12.0 Å². The van der Waals surface area contributed by atoms with E-state index in [0.717, 1.165) is 64.2 Å². The quantitative estimate of drug-likeness (QED) is 0.682. The number of nitrogens with zero attached hydrogens (tertiary/aromatic N) is 2. The standard InChI is InChI=1S/C23H28N4O2/c1-14-20(28-3)11-21(29-4)15(2)22(14)16-7-8-19-17(10-16)12-25-23(27-19)26-18-6-5-9-24-13-18/h7-8,10-12,18,24H,5-6,9,13H2,1-4H3,(H,25,26,27). The molecule has 152 valence electrons. The monoisotopic (exact) mass is 392 g/mol. The van der Waals surface area contributed by atoms with Crippen LogP contribution < -0.4 is 20.1 Å². The average Bonchev–Trinajstić information content (AvgIpc) is 2.75. The Morgan fingerprint density at radius 2 is 1.83 bits per heavy atom. The molecule has 2 heterocycles. The first-order valence-corrected chi connectivity index (χ1v) is 10.1. The number of fused-ring (bicyclic) bond motifs is 1. The summed E-state index contributed by atoms with van der Waals surface area (Å²) >= 11 is 0. The van der Waals surface area contributed by atoms with Crippen LogP contribution in [0.15, 0.2) is 30.5 Å². The minimum absolute atomic E-state index is 0.384. The second-order valence-corrected chi connectivity index (χ2v) is 7.56. The maximum atomic E-state index is 5.56. The number of aromatic nitrogens is 2. The normalized spacial score (nSPS) is 16.6. The molecule has 6 heteroatoms. The number of nitrogens with one attached hydrogen (secondary N) is 2. The smallest absolute Gasteiger partial charge is 0.223 e. The van der Waals surface area contributed by atoms with E-state index in [1.54, 1.807) is 14.2 Å². The molecule has 3 aromatic rings. The summed E-state index contributed by atoms with van der Waals surface area (Å²) in [5.41, 5.74) is 5.34. The fourth-order valence-electron chi connectivity index (χ4n) is 4.14. The van der Waals surface area contributed by atoms with Gasteiger partial charge in [-0.2, -0.15) is 0 Å². The molecule has 1 aliphatic rings. The van der Waals surface area contributed by atoms with E-state index >= 15 is 0 Å². The van der Waals surface area contributed by atoms with Crippen molar-refractivity contribution < 1.29 is 9.47 Å². The SMILES string of the molecule is COc1cc(OC)c(C)c(-c2ccc3nc(NC4CCCNC4)ncc3c2)c1C. The summed E-state index contributed by atoms with van der Waals surface area (Å²) in [5.74, 6) is 2.33. The van der Waals surface area contributed by atoms with Crippen molar-refractivity contribution in [1.82, 2.24) is 15.3 Å². The van der Waals surface area contributed by atoms with Gasteiger partial charge >= 0.3 is 0 Å². The van der Waals surface area contributed by atoms with E-state index in [1.807, 2.05) is 12.3 Å². The molecule has 1 aromatic heterocycles. The van der Waals surface area contributed by atoms with E-state index < -0.39 is 0 Å². The number of methoxy groups -OCH3 is 2. The Morgan fingerprint density at radius 1 is 1.07 bits per heavy atom. The predicted octanol–water partition coefficient (Wildman–Crippen LogP) is 4.09. The number of piperidine rings is 1. The predicted molar refractivity (Wildman–Crippen MR) is 117 cm³/mol. The zero-order chi connectivity index (χ0) is 20.4. The van der Waals surface area contributed by atoms with Crippen LogP contribution in [0.3, 0.4) is 0 Å². The first-order chi connectivity index (χ1) is 14.1. The molecule has 0 bridgehead atoms. The van der Waals surface area contributed by atoms with Crippen molar-refractivity contribution in [2.45, 2.75) is 32.7 Å². The minimum Gasteiger partial charge on any atom is -0.496 e. The third-order valence-electron chi connectivity index (χ3n) is 5.69. The maximum absolute atomic E-state index is 5.56. The van der Waals surface area contributed by atoms with E-state index in [1.165, 1.54) is 6.42 Å². The van der Waals surface area contributed by atoms with E-state index in [4.69, 9.17) is 14.5 Å². The molecule has 1 atom stereocenters. The molecule has 0 aliphatic carbocycles. The van der Waals surface area contributed by atoms with Gasteiger partial charge in [-0.25, -0.2) is 9.97 Å². The first-order valence-electron chi connectivity index (χ1n) is 10.1. The Morgan fingerprint density at radius 3 is 2.48 bits per heavy atom. The molecule has 0 spiro atoms. The van der Waals surface area contributed by atoms with Crippen LogP contribution in [-0.4, -0.2) is 43.3 Å². The molecule has 0 radical (unpaired) electrons. The summed E-state index contributed by atoms with van der Waals surface area (Å²) in [4.78, 5) is 9.27. The summed E-state index contributed by atoms with van der Waals surface area (Å²) in [6.45, 7) is 6.20. The zero-order valence-electron chi connectivity index (χ0n) is 17.5. The fourth-order valence-corrected chi connectivity index (χ4v) is 4.14. The lowest BCUT2D eigenvalue weighted by Crippen LogP contribution is -2.38. The van der Waals surface area contributed by atoms with Crippen molar-refractivity contribution in [1.29, 1.82) is 0 Å². The fraction of sp³-hybridized carbons (Fsp3) is 0.391. The Bertz CT molecular complexity index is 1000. The lowest BCUT2D eigenvalue weighted by atomic mass is 9.93. The average molecular weight is 393 g/mol. The van der Waals surface area contributed by atoms with Crippen LogP contribution in [0.1, 0.15) is 24.0 Å². The van der Waals surface area contributed by atoms with Crippen molar-refractivity contribution >= 4 is 16.9 Å². The van der Waals surface area contributed by atoms with Gasteiger partial charge < -0.3 is 20.1 Å². The third kappa shape index (κ3) is 3.85. The highest BCUT2D eigenvalue weighted by atomic mass is 16.5. The summed E-state index contributed by atoms with van der Waals surface area (Å²) in [7, 11) is 3.37. The molecule has 2 aromatic carbocycles. The minimum atomic E-state index is 0.384. The Balaban J connectivity index is 1.70. The molecule has 0 amide bonds. The molecule has 29 heavy (non-hydrogen) atoms. The van der Waals surface area contributed by atoms with Crippen LogP contribution in [-0.2, 0) is 0 Å². The van der Waals surface area contributed by atoms with Gasteiger partial charge in [0.2, 0.25) is 5.95 Å². The lowest BCUT2D eigenvalue weighted by Gasteiger charge is -2.23. The van der Waals surface area contributed by atoms with Crippen LogP contribution in [0.25, 0.3) is 22.0 Å².